The van der Waals surface area contributed by atoms with Crippen LogP contribution in [0.25, 0.3) is 0 Å². The number of hydrogen-bond donors (Lipinski definition) is 3. The first-order chi connectivity index (χ1) is 6.59. The molecule has 0 aromatic heterocycles. The molecule has 1 fully saturated rings. The van der Waals surface area contributed by atoms with Gasteiger partial charge < -0.3 is 16.2 Å². The zero-order valence-electron chi connectivity index (χ0n) is 8.03. The Bertz CT molecular complexity index is 224. The normalized spacial score (nSPS) is 19.2. The third kappa shape index (κ3) is 3.33. The average Bonchev–Trinajstić information content (AvgIpc) is 2.56. The summed E-state index contributed by atoms with van der Waals surface area (Å²) in [7, 11) is 0. The van der Waals surface area contributed by atoms with E-state index in [0.717, 1.165) is 25.7 Å². The Kier molecular flexibility index (Phi) is 3.88. The molecule has 1 rings (SSSR count). The summed E-state index contributed by atoms with van der Waals surface area (Å²) in [4.78, 5) is 21.6. The van der Waals surface area contributed by atoms with Gasteiger partial charge in [0.05, 0.1) is 6.42 Å². The highest BCUT2D eigenvalue weighted by atomic mass is 16.4. The van der Waals surface area contributed by atoms with Gasteiger partial charge in [-0.15, -0.1) is 0 Å². The van der Waals surface area contributed by atoms with Gasteiger partial charge in [-0.25, -0.2) is 0 Å². The summed E-state index contributed by atoms with van der Waals surface area (Å²) in [6.07, 6.45) is 4.12. The van der Waals surface area contributed by atoms with Gasteiger partial charge >= 0.3 is 5.97 Å². The number of amides is 1. The van der Waals surface area contributed by atoms with E-state index < -0.39 is 12.0 Å². The maximum Gasteiger partial charge on any atom is 0.321 e. The molecule has 1 aliphatic carbocycles. The van der Waals surface area contributed by atoms with E-state index in [2.05, 4.69) is 5.32 Å². The van der Waals surface area contributed by atoms with Crippen molar-refractivity contribution in [2.45, 2.75) is 44.2 Å². The summed E-state index contributed by atoms with van der Waals surface area (Å²) in [6.45, 7) is 0. The van der Waals surface area contributed by atoms with Gasteiger partial charge in [0.2, 0.25) is 5.91 Å². The molecule has 1 saturated carbocycles. The number of carbonyl (C=O) groups is 2. The lowest BCUT2D eigenvalue weighted by Crippen LogP contribution is -2.40. The molecule has 0 radical (unpaired) electrons. The minimum absolute atomic E-state index is 0.133. The summed E-state index contributed by atoms with van der Waals surface area (Å²) in [5.74, 6) is -1.39. The van der Waals surface area contributed by atoms with Gasteiger partial charge in [0.1, 0.15) is 6.04 Å². The second-order valence-corrected chi connectivity index (χ2v) is 3.70. The molecule has 0 spiro atoms. The Morgan fingerprint density at radius 2 is 2.00 bits per heavy atom. The lowest BCUT2D eigenvalue weighted by atomic mass is 10.2. The van der Waals surface area contributed by atoms with Crippen LogP contribution in [0.2, 0.25) is 0 Å². The number of rotatable bonds is 4. The molecular formula is C9H16N2O3. The average molecular weight is 200 g/mol. The number of carboxylic acids is 1. The summed E-state index contributed by atoms with van der Waals surface area (Å²) in [5.41, 5.74) is 5.23. The van der Waals surface area contributed by atoms with Crippen LogP contribution in [0.5, 0.6) is 0 Å². The summed E-state index contributed by atoms with van der Waals surface area (Å²) >= 11 is 0. The minimum atomic E-state index is -1.13. The van der Waals surface area contributed by atoms with Crippen LogP contribution in [-0.4, -0.2) is 29.1 Å². The summed E-state index contributed by atoms with van der Waals surface area (Å²) in [6, 6.07) is -0.861. The van der Waals surface area contributed by atoms with Crippen molar-refractivity contribution in [1.29, 1.82) is 0 Å². The molecule has 0 aliphatic heterocycles. The number of carboxylic acid groups (broad SMARTS) is 1. The van der Waals surface area contributed by atoms with Crippen LogP contribution in [0.15, 0.2) is 0 Å². The topological polar surface area (TPSA) is 92.4 Å². The van der Waals surface area contributed by atoms with Crippen molar-refractivity contribution in [2.24, 2.45) is 5.73 Å². The van der Waals surface area contributed by atoms with Gasteiger partial charge in [-0.1, -0.05) is 12.8 Å². The first kappa shape index (κ1) is 11.0. The quantitative estimate of drug-likeness (QED) is 0.588. The van der Waals surface area contributed by atoms with E-state index in [1.165, 1.54) is 0 Å². The van der Waals surface area contributed by atoms with E-state index in [-0.39, 0.29) is 18.4 Å². The Hall–Kier alpha value is -1.10. The van der Waals surface area contributed by atoms with Crippen LogP contribution < -0.4 is 11.1 Å². The first-order valence-electron chi connectivity index (χ1n) is 4.87. The smallest absolute Gasteiger partial charge is 0.321 e. The van der Waals surface area contributed by atoms with E-state index >= 15 is 0 Å². The van der Waals surface area contributed by atoms with Crippen molar-refractivity contribution in [3.8, 4) is 0 Å². The van der Waals surface area contributed by atoms with Gasteiger partial charge in [-0.2, -0.15) is 0 Å². The fraction of sp³-hybridized carbons (Fsp3) is 0.778. The standard InChI is InChI=1S/C9H16N2O3/c10-7(9(13)14)5-8(12)11-6-3-1-2-4-6/h6-7H,1-5,10H2,(H,11,12)(H,13,14). The Balaban J connectivity index is 2.24. The lowest BCUT2D eigenvalue weighted by Gasteiger charge is -2.12. The van der Waals surface area contributed by atoms with Crippen molar-refractivity contribution >= 4 is 11.9 Å². The van der Waals surface area contributed by atoms with E-state index in [0.29, 0.717) is 0 Å². The predicted octanol–water partition coefficient (Wildman–Crippen LogP) is -0.153. The maximum absolute atomic E-state index is 11.3. The number of aliphatic carboxylic acids is 1. The molecule has 1 aliphatic rings. The van der Waals surface area contributed by atoms with Gasteiger partial charge in [0.15, 0.2) is 0 Å². The van der Waals surface area contributed by atoms with Crippen molar-refractivity contribution in [3.05, 3.63) is 0 Å². The van der Waals surface area contributed by atoms with Gasteiger partial charge in [0.25, 0.3) is 0 Å². The molecule has 0 heterocycles. The molecule has 1 amide bonds. The molecule has 0 aromatic carbocycles. The van der Waals surface area contributed by atoms with Crippen LogP contribution in [0.4, 0.5) is 0 Å². The fourth-order valence-corrected chi connectivity index (χ4v) is 1.64. The molecule has 80 valence electrons. The molecule has 14 heavy (non-hydrogen) atoms. The third-order valence-corrected chi connectivity index (χ3v) is 2.44. The molecule has 0 aromatic rings. The Labute approximate surface area is 82.7 Å². The predicted molar refractivity (Wildman–Crippen MR) is 50.6 cm³/mol. The van der Waals surface area contributed by atoms with Gasteiger partial charge in [-0.3, -0.25) is 9.59 Å². The van der Waals surface area contributed by atoms with Crippen LogP contribution in [0.1, 0.15) is 32.1 Å². The monoisotopic (exact) mass is 200 g/mol. The number of carbonyl (C=O) groups excluding carboxylic acids is 1. The zero-order valence-corrected chi connectivity index (χ0v) is 8.03. The zero-order chi connectivity index (χ0) is 10.6. The number of nitrogens with two attached hydrogens (primary N) is 1. The third-order valence-electron chi connectivity index (χ3n) is 2.44. The molecule has 0 saturated heterocycles. The Morgan fingerprint density at radius 3 is 2.50 bits per heavy atom. The largest absolute Gasteiger partial charge is 0.480 e. The van der Waals surface area contributed by atoms with Crippen molar-refractivity contribution in [2.75, 3.05) is 0 Å². The lowest BCUT2D eigenvalue weighted by molar-refractivity contribution is -0.140. The van der Waals surface area contributed by atoms with Crippen LogP contribution in [-0.2, 0) is 9.59 Å². The number of hydrogen-bond acceptors (Lipinski definition) is 3. The first-order valence-corrected chi connectivity index (χ1v) is 4.87. The van der Waals surface area contributed by atoms with E-state index in [9.17, 15) is 9.59 Å². The molecule has 5 nitrogen and oxygen atoms in total. The minimum Gasteiger partial charge on any atom is -0.480 e. The van der Waals surface area contributed by atoms with Crippen molar-refractivity contribution in [3.63, 3.8) is 0 Å². The molecule has 1 atom stereocenters. The number of nitrogens with one attached hydrogen (secondary N) is 1. The van der Waals surface area contributed by atoms with Crippen LogP contribution in [0, 0.1) is 0 Å². The second-order valence-electron chi connectivity index (χ2n) is 3.70. The van der Waals surface area contributed by atoms with E-state index in [1.807, 2.05) is 0 Å². The van der Waals surface area contributed by atoms with E-state index in [1.54, 1.807) is 0 Å². The molecule has 1 unspecified atom stereocenters. The van der Waals surface area contributed by atoms with Crippen LogP contribution in [0.3, 0.4) is 0 Å². The highest BCUT2D eigenvalue weighted by molar-refractivity contribution is 5.84. The molecule has 4 N–H and O–H groups in total. The van der Waals surface area contributed by atoms with Crippen molar-refractivity contribution in [1.82, 2.24) is 5.32 Å². The Morgan fingerprint density at radius 1 is 1.43 bits per heavy atom. The summed E-state index contributed by atoms with van der Waals surface area (Å²) < 4.78 is 0. The maximum atomic E-state index is 11.3. The van der Waals surface area contributed by atoms with Crippen LogP contribution >= 0.6 is 0 Å². The highest BCUT2D eigenvalue weighted by Gasteiger charge is 2.20. The highest BCUT2D eigenvalue weighted by Crippen LogP contribution is 2.17. The van der Waals surface area contributed by atoms with Gasteiger partial charge in [0, 0.05) is 6.04 Å². The fourth-order valence-electron chi connectivity index (χ4n) is 1.64. The molecule has 0 bridgehead atoms. The van der Waals surface area contributed by atoms with E-state index in [4.69, 9.17) is 10.8 Å². The SMILES string of the molecule is NC(CC(=O)NC1CCCC1)C(=O)O. The van der Waals surface area contributed by atoms with Crippen molar-refractivity contribution < 1.29 is 14.7 Å². The second kappa shape index (κ2) is 4.95. The summed E-state index contributed by atoms with van der Waals surface area (Å²) in [5, 5.41) is 11.3. The molecule has 5 heteroatoms. The van der Waals surface area contributed by atoms with Gasteiger partial charge in [-0.05, 0) is 12.8 Å². The molecular weight excluding hydrogens is 184 g/mol.